The molecular formula is C25H22FK2N3O7S. The molecule has 1 N–H and O–H groups in total. The van der Waals surface area contributed by atoms with Gasteiger partial charge in [-0.3, -0.25) is 4.79 Å². The first-order valence-corrected chi connectivity index (χ1v) is 12.1. The molecule has 5 rings (SSSR count). The third-order valence-corrected chi connectivity index (χ3v) is 6.27. The number of hydrogen-bond donors (Lipinski definition) is 1. The molecule has 10 nitrogen and oxygen atoms in total. The van der Waals surface area contributed by atoms with Crippen LogP contribution in [0.25, 0.3) is 22.3 Å². The number of benzene rings is 2. The van der Waals surface area contributed by atoms with E-state index in [2.05, 4.69) is 15.2 Å². The predicted molar refractivity (Wildman–Crippen MR) is 130 cm³/mol. The zero-order chi connectivity index (χ0) is 26.4. The molecule has 0 aliphatic carbocycles. The average Bonchev–Trinajstić information content (AvgIpc) is 3.55. The minimum absolute atomic E-state index is 0. The molecule has 39 heavy (non-hydrogen) atoms. The largest absolute Gasteiger partial charge is 1.00 e. The van der Waals surface area contributed by atoms with Gasteiger partial charge < -0.3 is 39.1 Å². The molecule has 2 aromatic carbocycles. The first kappa shape index (κ1) is 34.3. The molecule has 4 aromatic rings. The summed E-state index contributed by atoms with van der Waals surface area (Å²) >= 11 is 1.52. The summed E-state index contributed by atoms with van der Waals surface area (Å²) in [5.41, 5.74) is 2.41. The monoisotopic (exact) mass is 605 g/mol. The van der Waals surface area contributed by atoms with Gasteiger partial charge in [0.2, 0.25) is 0 Å². The molecule has 0 bridgehead atoms. The summed E-state index contributed by atoms with van der Waals surface area (Å²) in [5, 5.41) is 22.7. The molecule has 1 aliphatic rings. The van der Waals surface area contributed by atoms with E-state index in [-0.39, 0.29) is 114 Å². The predicted octanol–water partition coefficient (Wildman–Crippen LogP) is -3.97. The van der Waals surface area contributed by atoms with Crippen LogP contribution in [0.15, 0.2) is 52.4 Å². The number of anilines is 1. The van der Waals surface area contributed by atoms with Crippen LogP contribution < -0.4 is 128 Å². The molecule has 2 aromatic heterocycles. The van der Waals surface area contributed by atoms with Gasteiger partial charge in [0.25, 0.3) is 5.91 Å². The second kappa shape index (κ2) is 16.5. The maximum absolute atomic E-state index is 13.5. The first-order valence-electron chi connectivity index (χ1n) is 11.2. The van der Waals surface area contributed by atoms with E-state index in [4.69, 9.17) is 28.9 Å². The molecule has 1 saturated heterocycles. The van der Waals surface area contributed by atoms with Crippen molar-refractivity contribution in [2.45, 2.75) is 6.61 Å². The SMILES string of the molecule is CNC(=O)c1c(-c2ccc(F)cc2)oc2cc(N3CCOCC3)c(OCc3nccs3)cc12.O=C([O-])[O-].[K+].[K+]. The van der Waals surface area contributed by atoms with Crippen molar-refractivity contribution >= 4 is 40.1 Å². The molecule has 0 saturated carbocycles. The van der Waals surface area contributed by atoms with E-state index < -0.39 is 6.16 Å². The number of rotatable bonds is 6. The van der Waals surface area contributed by atoms with Crippen LogP contribution in [0.2, 0.25) is 0 Å². The maximum atomic E-state index is 13.5. The number of fused-ring (bicyclic) bond motifs is 1. The summed E-state index contributed by atoms with van der Waals surface area (Å²) in [7, 11) is 1.57. The molecule has 0 radical (unpaired) electrons. The van der Waals surface area contributed by atoms with Crippen LogP contribution in [0, 0.1) is 5.82 Å². The number of carbonyl (C=O) groups excluding carboxylic acids is 2. The number of aromatic nitrogens is 1. The second-order valence-corrected chi connectivity index (χ2v) is 8.75. The van der Waals surface area contributed by atoms with Gasteiger partial charge in [0.05, 0.1) is 24.5 Å². The third kappa shape index (κ3) is 9.05. The summed E-state index contributed by atoms with van der Waals surface area (Å²) in [6, 6.07) is 9.63. The Morgan fingerprint density at radius 2 is 1.82 bits per heavy atom. The van der Waals surface area contributed by atoms with E-state index in [1.165, 1.54) is 23.5 Å². The smallest absolute Gasteiger partial charge is 0.652 e. The Hall–Kier alpha value is -0.887. The van der Waals surface area contributed by atoms with Crippen molar-refractivity contribution in [2.24, 2.45) is 0 Å². The van der Waals surface area contributed by atoms with E-state index in [1.54, 1.807) is 25.4 Å². The number of ether oxygens (including phenoxy) is 2. The van der Waals surface area contributed by atoms with Crippen LogP contribution in [0.5, 0.6) is 5.75 Å². The van der Waals surface area contributed by atoms with Crippen molar-refractivity contribution < 1.29 is 141 Å². The van der Waals surface area contributed by atoms with Crippen LogP contribution in [-0.2, 0) is 11.3 Å². The molecule has 194 valence electrons. The summed E-state index contributed by atoms with van der Waals surface area (Å²) < 4.78 is 31.4. The second-order valence-electron chi connectivity index (χ2n) is 7.77. The molecule has 0 unspecified atom stereocenters. The zero-order valence-electron chi connectivity index (χ0n) is 21.7. The first-order chi connectivity index (χ1) is 17.9. The number of furan rings is 1. The van der Waals surface area contributed by atoms with Crippen LogP contribution >= 0.6 is 11.3 Å². The summed E-state index contributed by atoms with van der Waals surface area (Å²) in [6.45, 7) is 2.98. The molecule has 1 aliphatic heterocycles. The standard InChI is InChI=1S/C24H22FN3O4S.CH2O3.2K/c1-26-24(29)22-17-12-20(31-14-21-27-6-11-33-21)18(28-7-9-30-10-8-28)13-19(17)32-23(22)15-2-4-16(25)5-3-15;2-1(3)4;;/h2-6,11-13H,7-10,14H2,1H3,(H,26,29);(H2,2,3,4);;/q;;2*+1/p-2. The van der Waals surface area contributed by atoms with Crippen LogP contribution in [0.4, 0.5) is 14.9 Å². The van der Waals surface area contributed by atoms with Crippen LogP contribution in [0.3, 0.4) is 0 Å². The van der Waals surface area contributed by atoms with Gasteiger partial charge in [-0.05, 0) is 36.5 Å². The third-order valence-electron chi connectivity index (χ3n) is 5.52. The number of halogens is 1. The fourth-order valence-corrected chi connectivity index (χ4v) is 4.43. The minimum atomic E-state index is -2.33. The average molecular weight is 606 g/mol. The van der Waals surface area contributed by atoms with Gasteiger partial charge in [-0.25, -0.2) is 9.37 Å². The molecule has 1 fully saturated rings. The molecule has 0 spiro atoms. The number of thiazole rings is 1. The van der Waals surface area contributed by atoms with Gasteiger partial charge in [0, 0.05) is 48.7 Å². The van der Waals surface area contributed by atoms with E-state index >= 15 is 0 Å². The summed E-state index contributed by atoms with van der Waals surface area (Å²) in [4.78, 5) is 27.7. The quantitative estimate of drug-likeness (QED) is 0.218. The maximum Gasteiger partial charge on any atom is 1.00 e. The molecule has 0 atom stereocenters. The minimum Gasteiger partial charge on any atom is -0.652 e. The number of morpholine rings is 1. The van der Waals surface area contributed by atoms with Crippen molar-refractivity contribution in [3.8, 4) is 17.1 Å². The van der Waals surface area contributed by atoms with Crippen molar-refractivity contribution in [3.63, 3.8) is 0 Å². The number of amides is 1. The van der Waals surface area contributed by atoms with Crippen molar-refractivity contribution in [3.05, 3.63) is 64.4 Å². The van der Waals surface area contributed by atoms with E-state index in [0.29, 0.717) is 66.5 Å². The Bertz CT molecular complexity index is 1370. The van der Waals surface area contributed by atoms with E-state index in [9.17, 15) is 9.18 Å². The fourth-order valence-electron chi connectivity index (χ4n) is 3.90. The Labute approximate surface area is 312 Å². The Kier molecular flexibility index (Phi) is 14.5. The topological polar surface area (TPSA) is 140 Å². The summed E-state index contributed by atoms with van der Waals surface area (Å²) in [5.74, 6) is 0.368. The van der Waals surface area contributed by atoms with Crippen molar-refractivity contribution in [1.82, 2.24) is 10.3 Å². The number of nitrogens with zero attached hydrogens (tertiary/aromatic N) is 2. The Morgan fingerprint density at radius 1 is 1.15 bits per heavy atom. The number of carboxylic acid groups (broad SMARTS) is 2. The molecular weight excluding hydrogens is 584 g/mol. The van der Waals surface area contributed by atoms with Crippen LogP contribution in [0.1, 0.15) is 15.4 Å². The van der Waals surface area contributed by atoms with Gasteiger partial charge in [-0.15, -0.1) is 11.3 Å². The van der Waals surface area contributed by atoms with E-state index in [0.717, 1.165) is 10.7 Å². The fraction of sp³-hybridized carbons (Fsp3) is 0.240. The number of hydrogen-bond acceptors (Lipinski definition) is 10. The van der Waals surface area contributed by atoms with Crippen molar-refractivity contribution in [1.29, 1.82) is 0 Å². The van der Waals surface area contributed by atoms with Crippen LogP contribution in [-0.4, -0.2) is 50.4 Å². The number of nitrogens with one attached hydrogen (secondary N) is 1. The molecule has 1 amide bonds. The number of carbonyl (C=O) groups is 2. The van der Waals surface area contributed by atoms with Crippen molar-refractivity contribution in [2.75, 3.05) is 38.3 Å². The Morgan fingerprint density at radius 3 is 2.41 bits per heavy atom. The van der Waals surface area contributed by atoms with Gasteiger partial charge in [-0.1, -0.05) is 0 Å². The molecule has 14 heteroatoms. The van der Waals surface area contributed by atoms with Gasteiger partial charge in [-0.2, -0.15) is 0 Å². The Balaban J connectivity index is 0.000000834. The van der Waals surface area contributed by atoms with Gasteiger partial charge >= 0.3 is 103 Å². The molecule has 3 heterocycles. The summed E-state index contributed by atoms with van der Waals surface area (Å²) in [6.07, 6.45) is -0.593. The van der Waals surface area contributed by atoms with Gasteiger partial charge in [0.15, 0.2) is 0 Å². The van der Waals surface area contributed by atoms with Gasteiger partial charge in [0.1, 0.15) is 34.5 Å². The normalized spacial score (nSPS) is 12.4. The zero-order valence-corrected chi connectivity index (χ0v) is 28.8. The van der Waals surface area contributed by atoms with E-state index in [1.807, 2.05) is 17.5 Å².